The van der Waals surface area contributed by atoms with Crippen LogP contribution in [0.1, 0.15) is 91.9 Å². The van der Waals surface area contributed by atoms with E-state index < -0.39 is 59.6 Å². The SMILES string of the molecule is O=C(CCCC[C@@H]1SC[C@@H]2NC(=O)N[C@@H]21)NCCCCCC(=O)NCc1ccc(C(=O)NCC#CCc2cn([C@H]3CC[C@@H](COP(=O)(O)OP(=O)(O)OP(=O)(O)O)O3)c(=O)[nH]c2=O)cc1. The number of phosphoric acid groups is 3. The average Bonchev–Trinajstić information content (AvgIpc) is 3.95. The molecule has 2 aromatic rings. The maximum Gasteiger partial charge on any atom is 0.490 e. The molecule has 65 heavy (non-hydrogen) atoms. The lowest BCUT2D eigenvalue weighted by molar-refractivity contribution is -0.122. The lowest BCUT2D eigenvalue weighted by atomic mass is 10.0. The van der Waals surface area contributed by atoms with Crippen molar-refractivity contribution in [3.63, 3.8) is 0 Å². The molecule has 5 rings (SSSR count). The fourth-order valence-electron chi connectivity index (χ4n) is 7.05. The van der Waals surface area contributed by atoms with Crippen molar-refractivity contribution in [3.8, 4) is 11.8 Å². The zero-order valence-corrected chi connectivity index (χ0v) is 38.4. The van der Waals surface area contributed by atoms with Gasteiger partial charge >= 0.3 is 35.2 Å². The van der Waals surface area contributed by atoms with Crippen molar-refractivity contribution in [2.75, 3.05) is 25.4 Å². The number of benzene rings is 1. The Labute approximate surface area is 376 Å². The molecule has 3 fully saturated rings. The first-order chi connectivity index (χ1) is 30.8. The van der Waals surface area contributed by atoms with Crippen LogP contribution in [-0.2, 0) is 54.1 Å². The van der Waals surface area contributed by atoms with Crippen molar-refractivity contribution in [3.05, 3.63) is 68.0 Å². The summed E-state index contributed by atoms with van der Waals surface area (Å²) in [5, 5.41) is 14.8. The summed E-state index contributed by atoms with van der Waals surface area (Å²) in [6, 6.07) is 6.93. The summed E-state index contributed by atoms with van der Waals surface area (Å²) in [6.07, 6.45) is 5.25. The number of thioether (sulfide) groups is 1. The van der Waals surface area contributed by atoms with Crippen LogP contribution in [0.15, 0.2) is 40.1 Å². The summed E-state index contributed by atoms with van der Waals surface area (Å²) in [5.74, 6) is 5.91. The second-order valence-corrected chi connectivity index (χ2v) is 20.9. The van der Waals surface area contributed by atoms with E-state index in [1.165, 1.54) is 6.20 Å². The number of carbonyl (C=O) groups excluding carboxylic acids is 4. The lowest BCUT2D eigenvalue weighted by Gasteiger charge is -2.19. The second kappa shape index (κ2) is 24.1. The highest BCUT2D eigenvalue weighted by atomic mass is 32.2. The molecule has 5 amide bonds. The Kier molecular flexibility index (Phi) is 19.2. The number of unbranched alkanes of at least 4 members (excludes halogenated alkanes) is 3. The summed E-state index contributed by atoms with van der Waals surface area (Å²) in [7, 11) is -16.6. The molecule has 2 unspecified atom stereocenters. The molecule has 0 radical (unpaired) electrons. The zero-order valence-electron chi connectivity index (χ0n) is 34.9. The molecule has 10 N–H and O–H groups in total. The summed E-state index contributed by atoms with van der Waals surface area (Å²) in [4.78, 5) is 112. The quantitative estimate of drug-likeness (QED) is 0.0309. The zero-order chi connectivity index (χ0) is 47.2. The summed E-state index contributed by atoms with van der Waals surface area (Å²) in [5.41, 5.74) is -0.304. The first-order valence-electron chi connectivity index (χ1n) is 20.6. The first kappa shape index (κ1) is 51.8. The number of aromatic amines is 1. The normalized spacial score (nSPS) is 22.0. The number of nitrogens with one attached hydrogen (secondary N) is 6. The molecular formula is C37H52N7O17P3S. The minimum absolute atomic E-state index is 0.0203. The third kappa shape index (κ3) is 17.5. The number of urea groups is 1. The summed E-state index contributed by atoms with van der Waals surface area (Å²) >= 11 is 1.87. The van der Waals surface area contributed by atoms with Gasteiger partial charge < -0.3 is 50.9 Å². The Hall–Kier alpha value is -4.14. The van der Waals surface area contributed by atoms with Gasteiger partial charge in [-0.15, -0.1) is 0 Å². The Morgan fingerprint density at radius 2 is 1.58 bits per heavy atom. The van der Waals surface area contributed by atoms with E-state index in [-0.39, 0.29) is 67.8 Å². The highest BCUT2D eigenvalue weighted by Crippen LogP contribution is 2.66. The molecule has 28 heteroatoms. The number of hydrogen-bond donors (Lipinski definition) is 10. The van der Waals surface area contributed by atoms with E-state index in [4.69, 9.17) is 14.5 Å². The van der Waals surface area contributed by atoms with Crippen LogP contribution in [0, 0.1) is 11.8 Å². The molecule has 1 aromatic carbocycles. The fourth-order valence-corrected chi connectivity index (χ4v) is 11.6. The molecule has 24 nitrogen and oxygen atoms in total. The van der Waals surface area contributed by atoms with Gasteiger partial charge in [-0.25, -0.2) is 23.3 Å². The van der Waals surface area contributed by atoms with Crippen LogP contribution in [0.25, 0.3) is 0 Å². The number of carbonyl (C=O) groups is 4. The van der Waals surface area contributed by atoms with Crippen molar-refractivity contribution in [1.82, 2.24) is 36.1 Å². The number of ether oxygens (including phenoxy) is 1. The van der Waals surface area contributed by atoms with Gasteiger partial charge in [0.15, 0.2) is 0 Å². The Balaban J connectivity index is 0.921. The van der Waals surface area contributed by atoms with Gasteiger partial charge in [0.2, 0.25) is 11.8 Å². The highest BCUT2D eigenvalue weighted by molar-refractivity contribution is 8.00. The molecule has 3 saturated heterocycles. The van der Waals surface area contributed by atoms with Crippen LogP contribution in [0.2, 0.25) is 0 Å². The van der Waals surface area contributed by atoms with Gasteiger partial charge in [-0.1, -0.05) is 36.8 Å². The van der Waals surface area contributed by atoms with Gasteiger partial charge in [0.1, 0.15) is 6.23 Å². The van der Waals surface area contributed by atoms with Crippen LogP contribution in [0.5, 0.6) is 0 Å². The molecule has 0 spiro atoms. The third-order valence-electron chi connectivity index (χ3n) is 10.2. The highest BCUT2D eigenvalue weighted by Gasteiger charge is 2.43. The number of amides is 5. The monoisotopic (exact) mass is 991 g/mol. The predicted octanol–water partition coefficient (Wildman–Crippen LogP) is 1.55. The Morgan fingerprint density at radius 1 is 0.862 bits per heavy atom. The number of nitrogens with zero attached hydrogens (tertiary/aromatic N) is 1. The molecule has 358 valence electrons. The van der Waals surface area contributed by atoms with Crippen molar-refractivity contribution in [1.29, 1.82) is 0 Å². The van der Waals surface area contributed by atoms with E-state index in [0.29, 0.717) is 36.6 Å². The minimum Gasteiger partial charge on any atom is -0.356 e. The van der Waals surface area contributed by atoms with Crippen LogP contribution in [-0.4, -0.2) is 102 Å². The summed E-state index contributed by atoms with van der Waals surface area (Å²) in [6.45, 7) is 0.0701. The van der Waals surface area contributed by atoms with E-state index in [1.807, 2.05) is 11.8 Å². The molecule has 0 bridgehead atoms. The van der Waals surface area contributed by atoms with E-state index in [9.17, 15) is 52.2 Å². The van der Waals surface area contributed by atoms with Gasteiger partial charge in [0.25, 0.3) is 11.5 Å². The average molecular weight is 992 g/mol. The molecule has 3 aliphatic rings. The van der Waals surface area contributed by atoms with Gasteiger partial charge in [0.05, 0.1) is 31.3 Å². The van der Waals surface area contributed by atoms with Crippen LogP contribution >= 0.6 is 35.2 Å². The number of H-pyrrole nitrogens is 1. The van der Waals surface area contributed by atoms with Crippen molar-refractivity contribution < 1.29 is 70.3 Å². The maximum atomic E-state index is 12.7. The molecule has 3 aliphatic heterocycles. The molecular weight excluding hydrogens is 939 g/mol. The topological polar surface area (TPSA) is 352 Å². The molecule has 7 atom stereocenters. The number of fused-ring (bicyclic) bond motifs is 1. The van der Waals surface area contributed by atoms with Crippen molar-refractivity contribution in [2.24, 2.45) is 0 Å². The largest absolute Gasteiger partial charge is 0.490 e. The van der Waals surface area contributed by atoms with E-state index in [1.54, 1.807) is 24.3 Å². The van der Waals surface area contributed by atoms with Crippen LogP contribution < -0.4 is 37.8 Å². The van der Waals surface area contributed by atoms with E-state index in [2.05, 4.69) is 56.6 Å². The predicted molar refractivity (Wildman–Crippen MR) is 232 cm³/mol. The lowest BCUT2D eigenvalue weighted by Crippen LogP contribution is -2.36. The maximum absolute atomic E-state index is 12.7. The second-order valence-electron chi connectivity index (χ2n) is 15.2. The Morgan fingerprint density at radius 3 is 2.32 bits per heavy atom. The molecule has 0 aliphatic carbocycles. The number of aromatic nitrogens is 2. The third-order valence-corrected chi connectivity index (χ3v) is 15.5. The van der Waals surface area contributed by atoms with Gasteiger partial charge in [-0.2, -0.15) is 20.4 Å². The van der Waals surface area contributed by atoms with Gasteiger partial charge in [-0.05, 0) is 56.2 Å². The van der Waals surface area contributed by atoms with Gasteiger partial charge in [0, 0.05) is 60.7 Å². The standard InChI is InChI=1S/C37H52N7O17P3S/c45-30(11-4-3-9-29-33-28(23-65-29)41-36(49)42-33)38-18-6-1-2-10-31(46)40-20-24-12-14-25(15-13-24)34(47)39-19-7-5-8-26-21-44(37(50)43-35(26)48)32-17-16-27(59-32)22-58-63(54,55)61-64(56,57)60-62(51,52)53/h12-15,21,27-29,32-33H,1-4,6,8-11,16-20,22-23H2,(H,38,45)(H,39,47)(H,40,46)(H,54,55)(H,56,57)(H2,41,42,49)(H,43,48,50)(H2,51,52,53)/t27-,28-,29-,32+,33-/m0/s1. The van der Waals surface area contributed by atoms with Crippen LogP contribution in [0.3, 0.4) is 0 Å². The fraction of sp³-hybridized carbons (Fsp3) is 0.568. The first-order valence-corrected chi connectivity index (χ1v) is 26.2. The molecule has 0 saturated carbocycles. The smallest absolute Gasteiger partial charge is 0.356 e. The van der Waals surface area contributed by atoms with Crippen molar-refractivity contribution in [2.45, 2.75) is 107 Å². The summed E-state index contributed by atoms with van der Waals surface area (Å²) < 4.78 is 53.0. The number of rotatable bonds is 24. The number of hydrogen-bond acceptors (Lipinski definition) is 14. The van der Waals surface area contributed by atoms with Crippen LogP contribution in [0.4, 0.5) is 4.79 Å². The molecule has 4 heterocycles. The Bertz CT molecular complexity index is 2350. The number of phosphoric ester groups is 1. The molecule has 1 aromatic heterocycles. The van der Waals surface area contributed by atoms with Gasteiger partial charge in [-0.3, -0.25) is 33.3 Å². The minimum atomic E-state index is -5.70. The van der Waals surface area contributed by atoms with E-state index >= 15 is 0 Å². The van der Waals surface area contributed by atoms with E-state index in [0.717, 1.165) is 48.0 Å². The van der Waals surface area contributed by atoms with Crippen molar-refractivity contribution >= 4 is 59.0 Å².